The van der Waals surface area contributed by atoms with Crippen LogP contribution >= 0.6 is 0 Å². The van der Waals surface area contributed by atoms with E-state index in [2.05, 4.69) is 5.32 Å². The summed E-state index contributed by atoms with van der Waals surface area (Å²) in [6.07, 6.45) is 0.773. The van der Waals surface area contributed by atoms with E-state index in [1.165, 1.54) is 4.90 Å². The van der Waals surface area contributed by atoms with Gasteiger partial charge >= 0.3 is 0 Å². The fraction of sp³-hybridized carbons (Fsp3) is 0.429. The Morgan fingerprint density at radius 2 is 2.16 bits per heavy atom. The van der Waals surface area contributed by atoms with Gasteiger partial charge in [0.25, 0.3) is 5.91 Å². The number of anilines is 2. The van der Waals surface area contributed by atoms with Crippen LogP contribution in [0.5, 0.6) is 0 Å². The first-order valence-corrected chi connectivity index (χ1v) is 6.43. The Morgan fingerprint density at radius 1 is 1.47 bits per heavy atom. The fourth-order valence-electron chi connectivity index (χ4n) is 2.36. The molecule has 0 unspecified atom stereocenters. The summed E-state index contributed by atoms with van der Waals surface area (Å²) in [5, 5.41) is 12.0. The molecular formula is C14H18N2O3. The Hall–Kier alpha value is -1.88. The molecule has 5 nitrogen and oxygen atoms in total. The number of hydrogen-bond donors (Lipinski definition) is 2. The molecule has 1 aromatic carbocycles. The second-order valence-corrected chi connectivity index (χ2v) is 4.76. The van der Waals surface area contributed by atoms with Crippen LogP contribution in [0.25, 0.3) is 0 Å². The zero-order valence-corrected chi connectivity index (χ0v) is 11.1. The van der Waals surface area contributed by atoms with Gasteiger partial charge in [0.2, 0.25) is 5.91 Å². The van der Waals surface area contributed by atoms with E-state index in [0.29, 0.717) is 11.4 Å². The number of hydrogen-bond acceptors (Lipinski definition) is 3. The van der Waals surface area contributed by atoms with Crippen LogP contribution in [0, 0.1) is 5.92 Å². The minimum absolute atomic E-state index is 0.0175. The average Bonchev–Trinajstić information content (AvgIpc) is 2.44. The molecule has 5 heteroatoms. The van der Waals surface area contributed by atoms with Crippen molar-refractivity contribution in [2.75, 3.05) is 16.8 Å². The Bertz CT molecular complexity index is 501. The molecule has 2 N–H and O–H groups in total. The topological polar surface area (TPSA) is 69.6 Å². The van der Waals surface area contributed by atoms with Crippen molar-refractivity contribution in [1.82, 2.24) is 0 Å². The Balaban J connectivity index is 2.51. The molecule has 0 aromatic heterocycles. The maximum absolute atomic E-state index is 12.2. The van der Waals surface area contributed by atoms with Crippen molar-refractivity contribution >= 4 is 23.2 Å². The van der Waals surface area contributed by atoms with E-state index in [9.17, 15) is 9.59 Å². The van der Waals surface area contributed by atoms with Gasteiger partial charge in [0, 0.05) is 0 Å². The van der Waals surface area contributed by atoms with E-state index in [0.717, 1.165) is 6.42 Å². The first-order chi connectivity index (χ1) is 9.10. The predicted molar refractivity (Wildman–Crippen MR) is 72.9 cm³/mol. The van der Waals surface area contributed by atoms with Gasteiger partial charge in [0.1, 0.15) is 12.6 Å². The highest BCUT2D eigenvalue weighted by Crippen LogP contribution is 2.34. The van der Waals surface area contributed by atoms with Gasteiger partial charge in [-0.05, 0) is 18.1 Å². The lowest BCUT2D eigenvalue weighted by atomic mass is 9.93. The molecule has 1 aromatic rings. The molecule has 0 saturated heterocycles. The van der Waals surface area contributed by atoms with Crippen molar-refractivity contribution in [3.63, 3.8) is 0 Å². The maximum atomic E-state index is 12.2. The number of nitrogens with one attached hydrogen (secondary N) is 1. The van der Waals surface area contributed by atoms with Gasteiger partial charge in [-0.2, -0.15) is 0 Å². The molecule has 0 bridgehead atoms. The van der Waals surface area contributed by atoms with Gasteiger partial charge in [0.15, 0.2) is 0 Å². The molecule has 2 amide bonds. The molecule has 2 rings (SSSR count). The third kappa shape index (κ3) is 2.33. The minimum atomic E-state index is -0.603. The van der Waals surface area contributed by atoms with Crippen molar-refractivity contribution in [2.45, 2.75) is 26.3 Å². The molecule has 1 aliphatic rings. The van der Waals surface area contributed by atoms with E-state index in [1.54, 1.807) is 18.2 Å². The summed E-state index contributed by atoms with van der Waals surface area (Å²) in [5.41, 5.74) is 1.25. The highest BCUT2D eigenvalue weighted by atomic mass is 16.3. The second-order valence-electron chi connectivity index (χ2n) is 4.76. The predicted octanol–water partition coefficient (Wildman–Crippen LogP) is 1.38. The Kier molecular flexibility index (Phi) is 3.85. The third-order valence-electron chi connectivity index (χ3n) is 3.56. The molecule has 0 spiro atoms. The van der Waals surface area contributed by atoms with Crippen molar-refractivity contribution in [2.24, 2.45) is 5.92 Å². The van der Waals surface area contributed by atoms with Crippen LogP contribution in [-0.2, 0) is 9.59 Å². The lowest BCUT2D eigenvalue weighted by molar-refractivity contribution is -0.126. The quantitative estimate of drug-likeness (QED) is 0.864. The van der Waals surface area contributed by atoms with Crippen LogP contribution in [-0.4, -0.2) is 29.6 Å². The van der Waals surface area contributed by atoms with Crippen LogP contribution in [0.3, 0.4) is 0 Å². The van der Waals surface area contributed by atoms with Crippen LogP contribution in [0.2, 0.25) is 0 Å². The number of aliphatic hydroxyl groups excluding tert-OH is 1. The molecule has 0 aliphatic carbocycles. The van der Waals surface area contributed by atoms with E-state index < -0.39 is 18.6 Å². The Morgan fingerprint density at radius 3 is 2.79 bits per heavy atom. The summed E-state index contributed by atoms with van der Waals surface area (Å²) >= 11 is 0. The zero-order valence-electron chi connectivity index (χ0n) is 11.1. The molecule has 19 heavy (non-hydrogen) atoms. The summed E-state index contributed by atoms with van der Waals surface area (Å²) in [6.45, 7) is 3.30. The lowest BCUT2D eigenvalue weighted by Crippen LogP contribution is -2.54. The summed E-state index contributed by atoms with van der Waals surface area (Å²) in [7, 11) is 0. The summed E-state index contributed by atoms with van der Waals surface area (Å²) < 4.78 is 0. The average molecular weight is 262 g/mol. The molecule has 0 radical (unpaired) electrons. The van der Waals surface area contributed by atoms with Gasteiger partial charge in [-0.15, -0.1) is 0 Å². The largest absolute Gasteiger partial charge is 0.387 e. The lowest BCUT2D eigenvalue weighted by Gasteiger charge is -2.38. The van der Waals surface area contributed by atoms with Crippen LogP contribution in [0.15, 0.2) is 24.3 Å². The van der Waals surface area contributed by atoms with Gasteiger partial charge in [0.05, 0.1) is 11.4 Å². The number of aliphatic hydroxyl groups is 1. The molecule has 2 atom stereocenters. The number of carbonyl (C=O) groups is 2. The molecule has 1 heterocycles. The molecule has 1 aliphatic heterocycles. The molecule has 102 valence electrons. The Labute approximate surface area is 112 Å². The number of benzene rings is 1. The first kappa shape index (κ1) is 13.5. The number of fused-ring (bicyclic) bond motifs is 1. The standard InChI is InChI=1S/C14H18N2O3/c1-3-9(2)13-14(19)15-10-6-4-5-7-11(10)16(13)12(18)8-17/h4-7,9,13,17H,3,8H2,1-2H3,(H,15,19)/t9-,13-/m0/s1. The molecule has 0 saturated carbocycles. The number of para-hydroxylation sites is 2. The smallest absolute Gasteiger partial charge is 0.253 e. The van der Waals surface area contributed by atoms with E-state index in [1.807, 2.05) is 19.9 Å². The van der Waals surface area contributed by atoms with E-state index >= 15 is 0 Å². The third-order valence-corrected chi connectivity index (χ3v) is 3.56. The van der Waals surface area contributed by atoms with Crippen LogP contribution < -0.4 is 10.2 Å². The fourth-order valence-corrected chi connectivity index (χ4v) is 2.36. The zero-order chi connectivity index (χ0) is 14.0. The van der Waals surface area contributed by atoms with Crippen LogP contribution in [0.4, 0.5) is 11.4 Å². The van der Waals surface area contributed by atoms with E-state index in [4.69, 9.17) is 5.11 Å². The van der Waals surface area contributed by atoms with Gasteiger partial charge < -0.3 is 10.4 Å². The number of carbonyl (C=O) groups excluding carboxylic acids is 2. The van der Waals surface area contributed by atoms with Gasteiger partial charge in [-0.3, -0.25) is 14.5 Å². The van der Waals surface area contributed by atoms with Crippen molar-refractivity contribution < 1.29 is 14.7 Å². The van der Waals surface area contributed by atoms with Gasteiger partial charge in [-0.25, -0.2) is 0 Å². The summed E-state index contributed by atoms with van der Waals surface area (Å²) in [4.78, 5) is 25.6. The number of rotatable bonds is 3. The number of amides is 2. The minimum Gasteiger partial charge on any atom is -0.387 e. The van der Waals surface area contributed by atoms with Crippen molar-refractivity contribution in [3.05, 3.63) is 24.3 Å². The summed E-state index contributed by atoms with van der Waals surface area (Å²) in [5.74, 6) is -0.633. The highest BCUT2D eigenvalue weighted by Gasteiger charge is 2.38. The summed E-state index contributed by atoms with van der Waals surface area (Å²) in [6, 6.07) is 6.56. The van der Waals surface area contributed by atoms with E-state index in [-0.39, 0.29) is 11.8 Å². The maximum Gasteiger partial charge on any atom is 0.253 e. The molecular weight excluding hydrogens is 244 g/mol. The van der Waals surface area contributed by atoms with Crippen LogP contribution in [0.1, 0.15) is 20.3 Å². The first-order valence-electron chi connectivity index (χ1n) is 6.43. The van der Waals surface area contributed by atoms with Crippen molar-refractivity contribution in [1.29, 1.82) is 0 Å². The molecule has 0 fully saturated rings. The number of nitrogens with zero attached hydrogens (tertiary/aromatic N) is 1. The SMILES string of the molecule is CC[C@H](C)[C@H]1C(=O)Nc2ccccc2N1C(=O)CO. The van der Waals surface area contributed by atoms with Gasteiger partial charge in [-0.1, -0.05) is 32.4 Å². The normalized spacial score (nSPS) is 19.6. The second kappa shape index (κ2) is 5.40. The highest BCUT2D eigenvalue weighted by molar-refractivity contribution is 6.12. The van der Waals surface area contributed by atoms with Crippen molar-refractivity contribution in [3.8, 4) is 0 Å². The monoisotopic (exact) mass is 262 g/mol.